The Labute approximate surface area is 246 Å². The zero-order chi connectivity index (χ0) is 29.1. The first-order chi connectivity index (χ1) is 19.2. The fourth-order valence-corrected chi connectivity index (χ4v) is 9.55. The number of allylic oxidation sites excluding steroid dienone is 1. The first kappa shape index (κ1) is 30.7. The van der Waals surface area contributed by atoms with Gasteiger partial charge in [-0.3, -0.25) is 14.4 Å². The number of carbonyl (C=O) groups is 3. The zero-order valence-corrected chi connectivity index (χ0v) is 25.1. The number of thioether (sulfide) groups is 1. The van der Waals surface area contributed by atoms with Gasteiger partial charge >= 0.3 is 5.97 Å². The van der Waals surface area contributed by atoms with Crippen LogP contribution in [0, 0.1) is 18.8 Å². The summed E-state index contributed by atoms with van der Waals surface area (Å²) in [6.07, 6.45) is 8.44. The average Bonchev–Trinajstić information content (AvgIpc) is 3.48. The molecule has 3 aliphatic rings. The third-order valence-corrected chi connectivity index (χ3v) is 10.9. The first-order valence-corrected chi connectivity index (χ1v) is 15.4. The maximum Gasteiger partial charge on any atom is 0.311 e. The number of rotatable bonds is 14. The van der Waals surface area contributed by atoms with Crippen LogP contribution >= 0.6 is 23.4 Å². The predicted molar refractivity (Wildman–Crippen MR) is 161 cm³/mol. The Morgan fingerprint density at radius 3 is 2.67 bits per heavy atom. The summed E-state index contributed by atoms with van der Waals surface area (Å²) >= 11 is 8.25. The lowest BCUT2D eigenvalue weighted by Crippen LogP contribution is -2.55. The number of aliphatic hydroxyl groups excluding tert-OH is 1. The number of aryl methyl sites for hydroxylation is 1. The summed E-state index contributed by atoms with van der Waals surface area (Å²) in [5.74, 6) is -1.99. The maximum absolute atomic E-state index is 14.6. The number of para-hydroxylation sites is 1. The van der Waals surface area contributed by atoms with E-state index in [1.807, 2.05) is 32.1 Å². The fraction of sp³-hybridized carbons (Fsp3) is 0.581. The smallest absolute Gasteiger partial charge is 0.311 e. The van der Waals surface area contributed by atoms with Crippen LogP contribution in [-0.4, -0.2) is 69.6 Å². The van der Waals surface area contributed by atoms with Gasteiger partial charge in [0.2, 0.25) is 5.91 Å². The van der Waals surface area contributed by atoms with E-state index in [9.17, 15) is 19.5 Å². The maximum atomic E-state index is 14.6. The number of esters is 1. The number of halogens is 1. The molecule has 2 unspecified atom stereocenters. The molecule has 5 atom stereocenters. The highest BCUT2D eigenvalue weighted by Gasteiger charge is 2.77. The van der Waals surface area contributed by atoms with Crippen molar-refractivity contribution in [3.8, 4) is 0 Å². The van der Waals surface area contributed by atoms with E-state index in [0.29, 0.717) is 43.1 Å². The number of unbranched alkanes of at least 4 members (excludes halogenated alkanes) is 3. The molecule has 3 saturated heterocycles. The molecule has 2 bridgehead atoms. The summed E-state index contributed by atoms with van der Waals surface area (Å²) < 4.78 is 4.51. The van der Waals surface area contributed by atoms with Crippen molar-refractivity contribution in [3.63, 3.8) is 0 Å². The molecule has 0 saturated carbocycles. The summed E-state index contributed by atoms with van der Waals surface area (Å²) in [7, 11) is 0. The van der Waals surface area contributed by atoms with Crippen LogP contribution in [0.15, 0.2) is 43.5 Å². The van der Waals surface area contributed by atoms with Gasteiger partial charge in [0.25, 0.3) is 5.91 Å². The topological polar surface area (TPSA) is 87.1 Å². The van der Waals surface area contributed by atoms with Crippen LogP contribution in [0.1, 0.15) is 57.4 Å². The van der Waals surface area contributed by atoms with E-state index in [2.05, 4.69) is 13.2 Å². The second-order valence-electron chi connectivity index (χ2n) is 11.3. The van der Waals surface area contributed by atoms with Crippen LogP contribution < -0.4 is 4.90 Å². The Hall–Kier alpha value is -2.29. The predicted octanol–water partition coefficient (Wildman–Crippen LogP) is 5.32. The number of likely N-dealkylation sites (tertiary alicyclic amines) is 1. The largest absolute Gasteiger partial charge is 0.465 e. The summed E-state index contributed by atoms with van der Waals surface area (Å²) in [5.41, 5.74) is 1.46. The van der Waals surface area contributed by atoms with Crippen LogP contribution in [0.25, 0.3) is 0 Å². The number of amides is 2. The lowest BCUT2D eigenvalue weighted by molar-refractivity contribution is -0.155. The van der Waals surface area contributed by atoms with Gasteiger partial charge in [-0.25, -0.2) is 0 Å². The molecule has 0 aliphatic carbocycles. The number of ether oxygens (including phenoxy) is 1. The van der Waals surface area contributed by atoms with Crippen LogP contribution in [0.5, 0.6) is 0 Å². The van der Waals surface area contributed by atoms with Crippen molar-refractivity contribution in [1.82, 2.24) is 4.90 Å². The van der Waals surface area contributed by atoms with Crippen LogP contribution in [0.2, 0.25) is 5.02 Å². The highest BCUT2D eigenvalue weighted by molar-refractivity contribution is 8.02. The minimum absolute atomic E-state index is 0.00421. The SMILES string of the molecule is C=CCCCCOC(=O)[C@@H]1[C@H]2C(=O)N(CCCCO)C(C(=O)N(CC=C)c3c(C)cccc3Cl)C23CC[C@@]1(C)S3. The van der Waals surface area contributed by atoms with Gasteiger partial charge in [-0.05, 0) is 70.4 Å². The third kappa shape index (κ3) is 5.35. The molecule has 1 spiro atoms. The van der Waals surface area contributed by atoms with Gasteiger partial charge in [0.15, 0.2) is 0 Å². The molecule has 1 aromatic carbocycles. The quantitative estimate of drug-likeness (QED) is 0.180. The van der Waals surface area contributed by atoms with E-state index in [0.717, 1.165) is 31.2 Å². The van der Waals surface area contributed by atoms with Crippen molar-refractivity contribution in [2.45, 2.75) is 74.3 Å². The van der Waals surface area contributed by atoms with Crippen molar-refractivity contribution < 1.29 is 24.2 Å². The molecule has 3 heterocycles. The van der Waals surface area contributed by atoms with Gasteiger partial charge in [0.05, 0.1) is 33.9 Å². The van der Waals surface area contributed by atoms with E-state index in [1.54, 1.807) is 33.7 Å². The Balaban J connectivity index is 1.72. The van der Waals surface area contributed by atoms with Crippen LogP contribution in [0.3, 0.4) is 0 Å². The molecule has 40 heavy (non-hydrogen) atoms. The van der Waals surface area contributed by atoms with Gasteiger partial charge in [0, 0.05) is 24.4 Å². The molecule has 7 nitrogen and oxygen atoms in total. The zero-order valence-electron chi connectivity index (χ0n) is 23.6. The van der Waals surface area contributed by atoms with Crippen molar-refractivity contribution in [2.75, 3.05) is 31.2 Å². The van der Waals surface area contributed by atoms with E-state index in [-0.39, 0.29) is 30.9 Å². The Morgan fingerprint density at radius 2 is 2.00 bits per heavy atom. The van der Waals surface area contributed by atoms with E-state index < -0.39 is 27.4 Å². The second kappa shape index (κ2) is 12.7. The lowest BCUT2D eigenvalue weighted by atomic mass is 9.66. The van der Waals surface area contributed by atoms with Gasteiger partial charge in [-0.1, -0.05) is 35.9 Å². The van der Waals surface area contributed by atoms with Crippen molar-refractivity contribution in [1.29, 1.82) is 0 Å². The van der Waals surface area contributed by atoms with E-state index >= 15 is 0 Å². The van der Waals surface area contributed by atoms with Gasteiger partial charge in [0.1, 0.15) is 6.04 Å². The molecular formula is C31H41ClN2O5S. The molecule has 218 valence electrons. The van der Waals surface area contributed by atoms with Gasteiger partial charge in [-0.2, -0.15) is 0 Å². The summed E-state index contributed by atoms with van der Waals surface area (Å²) in [5, 5.41) is 9.88. The normalized spacial score (nSPS) is 28.4. The van der Waals surface area contributed by atoms with Gasteiger partial charge in [-0.15, -0.1) is 24.9 Å². The highest BCUT2D eigenvalue weighted by atomic mass is 35.5. The van der Waals surface area contributed by atoms with E-state index in [4.69, 9.17) is 16.3 Å². The number of benzene rings is 1. The monoisotopic (exact) mass is 588 g/mol. The molecule has 9 heteroatoms. The summed E-state index contributed by atoms with van der Waals surface area (Å²) in [4.78, 5) is 45.7. The van der Waals surface area contributed by atoms with Crippen LogP contribution in [-0.2, 0) is 19.1 Å². The average molecular weight is 589 g/mol. The molecule has 3 aliphatic heterocycles. The molecule has 1 aromatic rings. The minimum Gasteiger partial charge on any atom is -0.465 e. The number of hydrogen-bond acceptors (Lipinski definition) is 6. The molecule has 3 fully saturated rings. The number of hydrogen-bond donors (Lipinski definition) is 1. The molecule has 2 amide bonds. The van der Waals surface area contributed by atoms with Gasteiger partial charge < -0.3 is 19.6 Å². The molecule has 4 rings (SSSR count). The first-order valence-electron chi connectivity index (χ1n) is 14.2. The number of aliphatic hydroxyl groups is 1. The van der Waals surface area contributed by atoms with E-state index in [1.165, 1.54) is 0 Å². The van der Waals surface area contributed by atoms with Crippen molar-refractivity contribution >= 4 is 46.8 Å². The number of anilines is 1. The molecule has 1 N–H and O–H groups in total. The number of fused-ring (bicyclic) bond motifs is 1. The molecular weight excluding hydrogens is 548 g/mol. The van der Waals surface area contributed by atoms with Crippen LogP contribution in [0.4, 0.5) is 5.69 Å². The third-order valence-electron chi connectivity index (χ3n) is 8.65. The van der Waals surface area contributed by atoms with Crippen molar-refractivity contribution in [3.05, 3.63) is 54.1 Å². The molecule has 0 radical (unpaired) electrons. The summed E-state index contributed by atoms with van der Waals surface area (Å²) in [6, 6.07) is 4.74. The van der Waals surface area contributed by atoms with Crippen molar-refractivity contribution in [2.24, 2.45) is 11.8 Å². The molecule has 0 aromatic heterocycles. The summed E-state index contributed by atoms with van der Waals surface area (Å²) in [6.45, 7) is 12.4. The number of carbonyl (C=O) groups excluding carboxylic acids is 3. The second-order valence-corrected chi connectivity index (χ2v) is 13.6. The Kier molecular flexibility index (Phi) is 9.74. The standard InChI is InChI=1S/C31H41ClN2O5S/c1-5-7-8-11-20-39-29(38)24-23-27(36)34(18-9-10-19-35)26(31(23)16-15-30(24,4)40-31)28(37)33(17-6-2)25-21(3)13-12-14-22(25)32/h5-6,12-14,23-24,26,35H,1-2,7-11,15-20H2,3-4H3/t23-,24-,26?,30+,31?/m0/s1. The Bertz CT molecular complexity index is 1140. The Morgan fingerprint density at radius 1 is 1.23 bits per heavy atom. The highest BCUT2D eigenvalue weighted by Crippen LogP contribution is 2.71. The fourth-order valence-electron chi connectivity index (χ4n) is 6.88. The minimum atomic E-state index is -0.767. The number of nitrogens with zero attached hydrogens (tertiary/aromatic N) is 2. The lowest BCUT2D eigenvalue weighted by Gasteiger charge is -2.37.